The minimum absolute atomic E-state index is 0.282. The molecule has 18 heavy (non-hydrogen) atoms. The highest BCUT2D eigenvalue weighted by molar-refractivity contribution is 5.89. The van der Waals surface area contributed by atoms with E-state index in [1.165, 1.54) is 4.90 Å². The van der Waals surface area contributed by atoms with E-state index in [4.69, 9.17) is 15.2 Å². The Labute approximate surface area is 103 Å². The normalized spacial score (nSPS) is 21.5. The maximum Gasteiger partial charge on any atom is 0.416 e. The summed E-state index contributed by atoms with van der Waals surface area (Å²) in [5, 5.41) is 0. The van der Waals surface area contributed by atoms with E-state index in [2.05, 4.69) is 9.98 Å². The van der Waals surface area contributed by atoms with E-state index in [-0.39, 0.29) is 6.10 Å². The highest BCUT2D eigenvalue weighted by atomic mass is 16.6. The number of hydrogen-bond acceptors (Lipinski definition) is 6. The maximum atomic E-state index is 11.7. The van der Waals surface area contributed by atoms with Crippen LogP contribution in [0.3, 0.4) is 0 Å². The fourth-order valence-electron chi connectivity index (χ4n) is 1.86. The zero-order valence-electron chi connectivity index (χ0n) is 9.57. The quantitative estimate of drug-likeness (QED) is 0.821. The lowest BCUT2D eigenvalue weighted by Crippen LogP contribution is -2.28. The Morgan fingerprint density at radius 1 is 1.50 bits per heavy atom. The topological polar surface area (TPSA) is 90.0 Å². The highest BCUT2D eigenvalue weighted by Gasteiger charge is 2.32. The van der Waals surface area contributed by atoms with Crippen LogP contribution in [0, 0.1) is 0 Å². The molecule has 1 aromatic heterocycles. The predicted octanol–water partition coefficient (Wildman–Crippen LogP) is 0.460. The molecule has 1 fully saturated rings. The first kappa shape index (κ1) is 11.0. The van der Waals surface area contributed by atoms with Gasteiger partial charge in [0.15, 0.2) is 11.6 Å². The Morgan fingerprint density at radius 2 is 2.39 bits per heavy atom. The molecule has 1 amide bonds. The number of aromatic nitrogens is 1. The number of cyclic esters (lactones) is 1. The molecule has 0 spiro atoms. The number of amides is 1. The Morgan fingerprint density at radius 3 is 3.17 bits per heavy atom. The first-order valence-corrected chi connectivity index (χ1v) is 5.62. The standard InChI is InChI=1S/C11H12N4O3/c12-5-7-6-15(11(16)18-7)9-2-1-8-10(14-9)13-3-4-17-8/h1-3,7H,4-6,12H2/t7-/m1/s1. The predicted molar refractivity (Wildman–Crippen MR) is 64.6 cm³/mol. The molecule has 2 N–H and O–H groups in total. The summed E-state index contributed by atoms with van der Waals surface area (Å²) in [5.41, 5.74) is 5.48. The molecule has 0 aromatic carbocycles. The molecule has 3 heterocycles. The van der Waals surface area contributed by atoms with Gasteiger partial charge in [0.25, 0.3) is 0 Å². The van der Waals surface area contributed by atoms with E-state index in [0.717, 1.165) is 0 Å². The Balaban J connectivity index is 1.89. The number of nitrogens with two attached hydrogens (primary N) is 1. The third kappa shape index (κ3) is 1.78. The van der Waals surface area contributed by atoms with Gasteiger partial charge in [0.1, 0.15) is 18.5 Å². The van der Waals surface area contributed by atoms with Crippen LogP contribution in [-0.4, -0.2) is 43.1 Å². The van der Waals surface area contributed by atoms with Gasteiger partial charge in [-0.1, -0.05) is 0 Å². The van der Waals surface area contributed by atoms with E-state index >= 15 is 0 Å². The van der Waals surface area contributed by atoms with Crippen LogP contribution in [-0.2, 0) is 4.74 Å². The summed E-state index contributed by atoms with van der Waals surface area (Å²) < 4.78 is 10.4. The zero-order chi connectivity index (χ0) is 12.5. The SMILES string of the molecule is NC[C@@H]1CN(c2ccc3c(n2)N=CCO3)C(=O)O1. The number of anilines is 1. The molecule has 1 saturated heterocycles. The van der Waals surface area contributed by atoms with Crippen LogP contribution in [0.1, 0.15) is 0 Å². The van der Waals surface area contributed by atoms with Gasteiger partial charge in [-0.25, -0.2) is 14.8 Å². The largest absolute Gasteiger partial charge is 0.484 e. The molecule has 7 heteroatoms. The van der Waals surface area contributed by atoms with Crippen LogP contribution in [0.15, 0.2) is 17.1 Å². The van der Waals surface area contributed by atoms with Gasteiger partial charge in [0.2, 0.25) is 0 Å². The lowest BCUT2D eigenvalue weighted by atomic mass is 10.3. The summed E-state index contributed by atoms with van der Waals surface area (Å²) in [7, 11) is 0. The van der Waals surface area contributed by atoms with E-state index in [1.54, 1.807) is 18.3 Å². The second-order valence-electron chi connectivity index (χ2n) is 3.97. The molecule has 0 unspecified atom stereocenters. The monoisotopic (exact) mass is 248 g/mol. The van der Waals surface area contributed by atoms with Crippen LogP contribution >= 0.6 is 0 Å². The number of carbonyl (C=O) groups excluding carboxylic acids is 1. The molecule has 2 aliphatic heterocycles. The Kier molecular flexibility index (Phi) is 2.60. The smallest absolute Gasteiger partial charge is 0.416 e. The summed E-state index contributed by atoms with van der Waals surface area (Å²) in [6, 6.07) is 3.46. The summed E-state index contributed by atoms with van der Waals surface area (Å²) in [5.74, 6) is 1.59. The van der Waals surface area contributed by atoms with Crippen LogP contribution in [0.4, 0.5) is 16.4 Å². The number of nitrogens with zero attached hydrogens (tertiary/aromatic N) is 3. The second kappa shape index (κ2) is 4.26. The molecular weight excluding hydrogens is 236 g/mol. The van der Waals surface area contributed by atoms with Crippen LogP contribution in [0.5, 0.6) is 5.75 Å². The fraction of sp³-hybridized carbons (Fsp3) is 0.364. The third-order valence-electron chi connectivity index (χ3n) is 2.77. The number of fused-ring (bicyclic) bond motifs is 1. The van der Waals surface area contributed by atoms with Crippen molar-refractivity contribution in [3.05, 3.63) is 12.1 Å². The number of ether oxygens (including phenoxy) is 2. The molecule has 0 radical (unpaired) electrons. The van der Waals surface area contributed by atoms with Crippen molar-refractivity contribution < 1.29 is 14.3 Å². The van der Waals surface area contributed by atoms with Crippen molar-refractivity contribution in [2.75, 3.05) is 24.6 Å². The summed E-state index contributed by atoms with van der Waals surface area (Å²) in [4.78, 5) is 21.5. The van der Waals surface area contributed by atoms with Crippen LogP contribution in [0.2, 0.25) is 0 Å². The van der Waals surface area contributed by atoms with Crippen molar-refractivity contribution in [1.29, 1.82) is 0 Å². The summed E-state index contributed by atoms with van der Waals surface area (Å²) in [6.45, 7) is 1.15. The molecule has 0 aliphatic carbocycles. The minimum atomic E-state index is -0.432. The second-order valence-corrected chi connectivity index (χ2v) is 3.97. The van der Waals surface area contributed by atoms with Gasteiger partial charge in [-0.15, -0.1) is 0 Å². The van der Waals surface area contributed by atoms with E-state index in [9.17, 15) is 4.79 Å². The average molecular weight is 248 g/mol. The molecule has 1 atom stereocenters. The maximum absolute atomic E-state index is 11.7. The van der Waals surface area contributed by atoms with Crippen molar-refractivity contribution in [2.24, 2.45) is 10.7 Å². The van der Waals surface area contributed by atoms with Crippen molar-refractivity contribution in [3.63, 3.8) is 0 Å². The minimum Gasteiger partial charge on any atom is -0.484 e. The van der Waals surface area contributed by atoms with Gasteiger partial charge >= 0.3 is 6.09 Å². The number of carbonyl (C=O) groups is 1. The molecule has 7 nitrogen and oxygen atoms in total. The van der Waals surface area contributed by atoms with Gasteiger partial charge in [0.05, 0.1) is 6.54 Å². The lowest BCUT2D eigenvalue weighted by molar-refractivity contribution is 0.145. The van der Waals surface area contributed by atoms with E-state index < -0.39 is 6.09 Å². The number of aliphatic imine (C=N–C) groups is 1. The van der Waals surface area contributed by atoms with Gasteiger partial charge < -0.3 is 15.2 Å². The Bertz CT molecular complexity index is 517. The summed E-state index contributed by atoms with van der Waals surface area (Å²) in [6.07, 6.45) is 0.915. The molecule has 94 valence electrons. The van der Waals surface area contributed by atoms with Crippen molar-refractivity contribution in [1.82, 2.24) is 4.98 Å². The summed E-state index contributed by atoms with van der Waals surface area (Å²) >= 11 is 0. The van der Waals surface area contributed by atoms with Crippen molar-refractivity contribution in [3.8, 4) is 5.75 Å². The lowest BCUT2D eigenvalue weighted by Gasteiger charge is -2.15. The van der Waals surface area contributed by atoms with Gasteiger partial charge in [0, 0.05) is 12.8 Å². The highest BCUT2D eigenvalue weighted by Crippen LogP contribution is 2.31. The third-order valence-corrected chi connectivity index (χ3v) is 2.77. The fourth-order valence-corrected chi connectivity index (χ4v) is 1.86. The van der Waals surface area contributed by atoms with Crippen molar-refractivity contribution in [2.45, 2.75) is 6.10 Å². The van der Waals surface area contributed by atoms with Gasteiger partial charge in [-0.2, -0.15) is 0 Å². The molecular formula is C11H12N4O3. The first-order valence-electron chi connectivity index (χ1n) is 5.62. The first-order chi connectivity index (χ1) is 8.78. The molecule has 0 saturated carbocycles. The van der Waals surface area contributed by atoms with Crippen LogP contribution < -0.4 is 15.4 Å². The number of pyridine rings is 1. The molecule has 2 aliphatic rings. The van der Waals surface area contributed by atoms with Gasteiger partial charge in [-0.3, -0.25) is 4.90 Å². The average Bonchev–Trinajstić information content (AvgIpc) is 2.79. The Hall–Kier alpha value is -2.15. The molecule has 1 aromatic rings. The van der Waals surface area contributed by atoms with Crippen LogP contribution in [0.25, 0.3) is 0 Å². The van der Waals surface area contributed by atoms with Crippen molar-refractivity contribution >= 4 is 23.9 Å². The zero-order valence-corrected chi connectivity index (χ0v) is 9.57. The number of rotatable bonds is 2. The van der Waals surface area contributed by atoms with E-state index in [1.807, 2.05) is 0 Å². The number of hydrogen-bond donors (Lipinski definition) is 1. The molecule has 3 rings (SSSR count). The molecule has 0 bridgehead atoms. The van der Waals surface area contributed by atoms with E-state index in [0.29, 0.717) is 37.1 Å². The van der Waals surface area contributed by atoms with Gasteiger partial charge in [-0.05, 0) is 12.1 Å².